The number of hydrogen-bond acceptors (Lipinski definition) is 8. The molecule has 0 aromatic carbocycles. The van der Waals surface area contributed by atoms with E-state index in [9.17, 15) is 13.2 Å². The van der Waals surface area contributed by atoms with E-state index >= 15 is 4.39 Å². The van der Waals surface area contributed by atoms with Crippen molar-refractivity contribution in [2.45, 2.75) is 32.8 Å². The molecule has 0 saturated carbocycles. The van der Waals surface area contributed by atoms with Gasteiger partial charge in [-0.15, -0.1) is 0 Å². The van der Waals surface area contributed by atoms with Crippen LogP contribution in [-0.2, 0) is 23.1 Å². The summed E-state index contributed by atoms with van der Waals surface area (Å²) in [6, 6.07) is 3.29. The average molecular weight is 502 g/mol. The maximum Gasteiger partial charge on any atom is 0.340 e. The maximum atomic E-state index is 15.1. The number of rotatable bonds is 8. The summed E-state index contributed by atoms with van der Waals surface area (Å²) in [5.74, 6) is -1.42. The highest BCUT2D eigenvalue weighted by molar-refractivity contribution is 7.90. The first-order chi connectivity index (χ1) is 16.7. The third kappa shape index (κ3) is 5.23. The third-order valence-electron chi connectivity index (χ3n) is 5.64. The zero-order valence-corrected chi connectivity index (χ0v) is 20.1. The number of halogens is 1. The SMILES string of the molecule is CCc1c(Cc2ccnc(NS(=O)(=O)NC)c2F)c(=O)oc2c1=CC(C)C(Oc1ncccn1)C=2. The molecule has 1 aliphatic carbocycles. The summed E-state index contributed by atoms with van der Waals surface area (Å²) < 4.78 is 54.1. The summed E-state index contributed by atoms with van der Waals surface area (Å²) in [7, 11) is -2.78. The molecular formula is C23H24FN5O5S. The molecule has 0 spiro atoms. The number of aromatic nitrogens is 3. The maximum absolute atomic E-state index is 15.1. The Balaban J connectivity index is 1.74. The van der Waals surface area contributed by atoms with Crippen molar-refractivity contribution >= 4 is 28.2 Å². The summed E-state index contributed by atoms with van der Waals surface area (Å²) >= 11 is 0. The van der Waals surface area contributed by atoms with E-state index in [0.29, 0.717) is 17.4 Å². The van der Waals surface area contributed by atoms with Crippen LogP contribution in [-0.4, -0.2) is 36.5 Å². The largest absolute Gasteiger partial charge is 0.455 e. The predicted octanol–water partition coefficient (Wildman–Crippen LogP) is 0.652. The Morgan fingerprint density at radius 2 is 1.89 bits per heavy atom. The number of anilines is 1. The van der Waals surface area contributed by atoms with Crippen molar-refractivity contribution in [1.29, 1.82) is 0 Å². The van der Waals surface area contributed by atoms with Crippen LogP contribution in [0, 0.1) is 11.7 Å². The van der Waals surface area contributed by atoms with Crippen LogP contribution in [0.3, 0.4) is 0 Å². The van der Waals surface area contributed by atoms with Gasteiger partial charge in [0, 0.05) is 54.8 Å². The van der Waals surface area contributed by atoms with Crippen molar-refractivity contribution in [3.05, 3.63) is 74.3 Å². The van der Waals surface area contributed by atoms with E-state index in [-0.39, 0.29) is 23.9 Å². The molecule has 2 unspecified atom stereocenters. The molecule has 1 aliphatic rings. The summed E-state index contributed by atoms with van der Waals surface area (Å²) in [4.78, 5) is 24.9. The van der Waals surface area contributed by atoms with Gasteiger partial charge in [-0.25, -0.2) is 28.9 Å². The zero-order chi connectivity index (χ0) is 25.2. The minimum atomic E-state index is -3.96. The van der Waals surface area contributed by atoms with Crippen LogP contribution >= 0.6 is 0 Å². The Morgan fingerprint density at radius 1 is 1.14 bits per heavy atom. The highest BCUT2D eigenvalue weighted by Crippen LogP contribution is 2.20. The first kappa shape index (κ1) is 24.5. The van der Waals surface area contributed by atoms with Crippen LogP contribution in [0.5, 0.6) is 6.01 Å². The minimum Gasteiger partial charge on any atom is -0.455 e. The normalized spacial score (nSPS) is 17.1. The molecule has 184 valence electrons. The standard InChI is InChI=1S/C23H24FN5O5S/c1-4-15-16-10-13(2)18(34-23-27-7-5-8-28-23)12-19(16)33-22(30)17(15)11-14-6-9-26-21(20(14)24)29-35(31,32)25-3/h5-10,12-13,18,25H,4,11H2,1-3H3,(H,26,29). The lowest BCUT2D eigenvalue weighted by Gasteiger charge is -2.22. The van der Waals surface area contributed by atoms with E-state index in [1.165, 1.54) is 19.3 Å². The van der Waals surface area contributed by atoms with E-state index in [1.807, 2.05) is 29.4 Å². The molecule has 0 aliphatic heterocycles. The molecule has 0 bridgehead atoms. The molecule has 0 saturated heterocycles. The number of nitrogens with one attached hydrogen (secondary N) is 2. The molecule has 0 radical (unpaired) electrons. The molecule has 10 nitrogen and oxygen atoms in total. The topological polar surface area (TPSA) is 136 Å². The number of hydrogen-bond donors (Lipinski definition) is 2. The van der Waals surface area contributed by atoms with Gasteiger partial charge in [0.1, 0.15) is 11.5 Å². The Morgan fingerprint density at radius 3 is 2.57 bits per heavy atom. The van der Waals surface area contributed by atoms with Gasteiger partial charge in [-0.05, 0) is 29.7 Å². The Kier molecular flexibility index (Phi) is 6.94. The molecule has 35 heavy (non-hydrogen) atoms. The fraction of sp³-hybridized carbons (Fsp3) is 0.304. The van der Waals surface area contributed by atoms with Crippen LogP contribution in [0.1, 0.15) is 30.5 Å². The molecule has 2 atom stereocenters. The van der Waals surface area contributed by atoms with Gasteiger partial charge in [-0.1, -0.05) is 19.9 Å². The highest BCUT2D eigenvalue weighted by Gasteiger charge is 2.24. The summed E-state index contributed by atoms with van der Waals surface area (Å²) in [5.41, 5.74) is 0.880. The molecule has 0 amide bonds. The molecule has 4 rings (SSSR count). The molecule has 2 N–H and O–H groups in total. The van der Waals surface area contributed by atoms with Crippen LogP contribution in [0.15, 0.2) is 39.9 Å². The van der Waals surface area contributed by atoms with Crippen molar-refractivity contribution in [3.8, 4) is 6.01 Å². The molecule has 3 aromatic heterocycles. The first-order valence-electron chi connectivity index (χ1n) is 10.9. The number of fused-ring (bicyclic) bond motifs is 1. The quantitative estimate of drug-likeness (QED) is 0.459. The van der Waals surface area contributed by atoms with Gasteiger partial charge in [0.25, 0.3) is 10.2 Å². The van der Waals surface area contributed by atoms with Gasteiger partial charge in [0.05, 0.1) is 0 Å². The fourth-order valence-corrected chi connectivity index (χ4v) is 4.37. The van der Waals surface area contributed by atoms with Crippen molar-refractivity contribution in [3.63, 3.8) is 0 Å². The number of nitrogens with zero attached hydrogens (tertiary/aromatic N) is 3. The van der Waals surface area contributed by atoms with E-state index < -0.39 is 33.6 Å². The number of ether oxygens (including phenoxy) is 1. The van der Waals surface area contributed by atoms with Gasteiger partial charge in [-0.3, -0.25) is 4.72 Å². The lowest BCUT2D eigenvalue weighted by atomic mass is 9.92. The van der Waals surface area contributed by atoms with E-state index in [0.717, 1.165) is 10.8 Å². The van der Waals surface area contributed by atoms with E-state index in [4.69, 9.17) is 9.15 Å². The Hall–Kier alpha value is -3.64. The average Bonchev–Trinajstić information content (AvgIpc) is 2.83. The second kappa shape index (κ2) is 9.92. The second-order valence-electron chi connectivity index (χ2n) is 7.90. The fourth-order valence-electron chi connectivity index (χ4n) is 3.87. The third-order valence-corrected chi connectivity index (χ3v) is 6.64. The zero-order valence-electron chi connectivity index (χ0n) is 19.3. The lowest BCUT2D eigenvalue weighted by molar-refractivity contribution is 0.209. The van der Waals surface area contributed by atoms with E-state index in [1.54, 1.807) is 24.5 Å². The highest BCUT2D eigenvalue weighted by atomic mass is 32.2. The minimum absolute atomic E-state index is 0.0858. The predicted molar refractivity (Wildman–Crippen MR) is 127 cm³/mol. The summed E-state index contributed by atoms with van der Waals surface area (Å²) in [6.45, 7) is 3.85. The second-order valence-corrected chi connectivity index (χ2v) is 9.52. The smallest absolute Gasteiger partial charge is 0.340 e. The Bertz CT molecular complexity index is 1530. The molecule has 12 heteroatoms. The first-order valence-corrected chi connectivity index (χ1v) is 12.4. The van der Waals surface area contributed by atoms with Gasteiger partial charge >= 0.3 is 11.6 Å². The van der Waals surface area contributed by atoms with Gasteiger partial charge in [-0.2, -0.15) is 8.42 Å². The van der Waals surface area contributed by atoms with Crippen LogP contribution in [0.4, 0.5) is 10.2 Å². The lowest BCUT2D eigenvalue weighted by Crippen LogP contribution is -2.42. The molecule has 3 heterocycles. The van der Waals surface area contributed by atoms with Crippen molar-refractivity contribution in [1.82, 2.24) is 19.7 Å². The molecular weight excluding hydrogens is 477 g/mol. The molecule has 0 fully saturated rings. The van der Waals surface area contributed by atoms with Crippen molar-refractivity contribution in [2.24, 2.45) is 5.92 Å². The van der Waals surface area contributed by atoms with E-state index in [2.05, 4.69) is 15.0 Å². The monoisotopic (exact) mass is 501 g/mol. The molecule has 3 aromatic rings. The van der Waals surface area contributed by atoms with Gasteiger partial charge < -0.3 is 9.15 Å². The van der Waals surface area contributed by atoms with Crippen LogP contribution < -0.4 is 30.4 Å². The van der Waals surface area contributed by atoms with Crippen molar-refractivity contribution in [2.75, 3.05) is 11.8 Å². The van der Waals surface area contributed by atoms with Gasteiger partial charge in [0.15, 0.2) is 11.6 Å². The van der Waals surface area contributed by atoms with Crippen LogP contribution in [0.2, 0.25) is 0 Å². The van der Waals surface area contributed by atoms with Crippen molar-refractivity contribution < 1.29 is 22.0 Å². The van der Waals surface area contributed by atoms with Gasteiger partial charge in [0.2, 0.25) is 0 Å². The summed E-state index contributed by atoms with van der Waals surface area (Å²) in [6.07, 6.45) is 8.05. The Labute approximate surface area is 200 Å². The summed E-state index contributed by atoms with van der Waals surface area (Å²) in [5, 5.41) is 0.744. The van der Waals surface area contributed by atoms with Crippen LogP contribution in [0.25, 0.3) is 12.2 Å². The number of pyridine rings is 1.